The number of ether oxygens (including phenoxy) is 1. The van der Waals surface area contributed by atoms with Crippen molar-refractivity contribution in [2.24, 2.45) is 0 Å². The fourth-order valence-corrected chi connectivity index (χ4v) is 5.28. The summed E-state index contributed by atoms with van der Waals surface area (Å²) >= 11 is 5.01. The molecular weight excluding hydrogens is 450 g/mol. The van der Waals surface area contributed by atoms with Crippen LogP contribution in [0.3, 0.4) is 0 Å². The second-order valence-electron chi connectivity index (χ2n) is 7.45. The molecule has 0 saturated carbocycles. The number of aryl methyl sites for hydroxylation is 1. The Labute approximate surface area is 171 Å². The van der Waals surface area contributed by atoms with Crippen molar-refractivity contribution in [3.8, 4) is 0 Å². The van der Waals surface area contributed by atoms with Gasteiger partial charge in [-0.2, -0.15) is 0 Å². The van der Waals surface area contributed by atoms with Crippen LogP contribution >= 0.6 is 14.5 Å². The van der Waals surface area contributed by atoms with Gasteiger partial charge in [-0.25, -0.2) is 9.36 Å². The molecule has 0 aromatic carbocycles. The first-order chi connectivity index (χ1) is 13.1. The predicted octanol–water partition coefficient (Wildman–Crippen LogP) is 0.659. The van der Waals surface area contributed by atoms with Crippen molar-refractivity contribution in [3.63, 3.8) is 0 Å². The van der Waals surface area contributed by atoms with E-state index in [-0.39, 0.29) is 12.0 Å². The highest BCUT2D eigenvalue weighted by atomic mass is 32.5. The van der Waals surface area contributed by atoms with Crippen LogP contribution in [0.2, 0.25) is 0 Å². The Morgan fingerprint density at radius 1 is 1.34 bits per heavy atom. The summed E-state index contributed by atoms with van der Waals surface area (Å²) in [7, 11) is -4.81. The highest BCUT2D eigenvalue weighted by Gasteiger charge is 2.42. The van der Waals surface area contributed by atoms with E-state index in [1.807, 2.05) is 0 Å². The summed E-state index contributed by atoms with van der Waals surface area (Å²) in [5, 5.41) is 0. The van der Waals surface area contributed by atoms with Gasteiger partial charge < -0.3 is 28.5 Å². The maximum atomic E-state index is 12.1. The van der Waals surface area contributed by atoms with Crippen LogP contribution in [-0.4, -0.2) is 48.6 Å². The van der Waals surface area contributed by atoms with Crippen molar-refractivity contribution in [3.05, 3.63) is 32.6 Å². The molecule has 4 N–H and O–H groups in total. The van der Waals surface area contributed by atoms with Gasteiger partial charge in [-0.1, -0.05) is 0 Å². The number of aromatic amines is 1. The van der Waals surface area contributed by atoms with E-state index in [0.29, 0.717) is 0 Å². The van der Waals surface area contributed by atoms with Gasteiger partial charge in [0.25, 0.3) is 5.56 Å². The van der Waals surface area contributed by atoms with Crippen molar-refractivity contribution in [2.45, 2.75) is 58.2 Å². The van der Waals surface area contributed by atoms with Crippen molar-refractivity contribution in [1.29, 1.82) is 0 Å². The average Bonchev–Trinajstić information content (AvgIpc) is 2.87. The Balaban J connectivity index is 2.28. The first-order valence-corrected chi connectivity index (χ1v) is 12.6. The quantitative estimate of drug-likeness (QED) is 0.410. The van der Waals surface area contributed by atoms with Crippen molar-refractivity contribution in [1.82, 2.24) is 9.55 Å². The number of phosphoric acid groups is 1. The van der Waals surface area contributed by atoms with Crippen LogP contribution < -0.4 is 11.2 Å². The molecule has 1 aliphatic heterocycles. The van der Waals surface area contributed by atoms with Gasteiger partial charge in [0.15, 0.2) is 0 Å². The van der Waals surface area contributed by atoms with Crippen molar-refractivity contribution in [2.75, 3.05) is 6.61 Å². The monoisotopic (exact) mass is 474 g/mol. The molecule has 0 aliphatic carbocycles. The lowest BCUT2D eigenvalue weighted by Crippen LogP contribution is -2.33. The summed E-state index contributed by atoms with van der Waals surface area (Å²) in [4.78, 5) is 54.1. The molecule has 29 heavy (non-hydrogen) atoms. The van der Waals surface area contributed by atoms with E-state index < -0.39 is 56.4 Å². The summed E-state index contributed by atoms with van der Waals surface area (Å²) in [5.74, 6) is 0. The van der Waals surface area contributed by atoms with Crippen LogP contribution in [0.1, 0.15) is 39.0 Å². The lowest BCUT2D eigenvalue weighted by molar-refractivity contribution is -0.0452. The molecule has 1 saturated heterocycles. The lowest BCUT2D eigenvalue weighted by atomic mass is 10.2. The van der Waals surface area contributed by atoms with Gasteiger partial charge in [-0.15, -0.1) is 0 Å². The number of hydrogen-bond donors (Lipinski definition) is 4. The maximum Gasteiger partial charge on any atom is 0.469 e. The van der Waals surface area contributed by atoms with E-state index >= 15 is 0 Å². The molecule has 1 fully saturated rings. The number of rotatable bonds is 7. The largest absolute Gasteiger partial charge is 0.469 e. The third kappa shape index (κ3) is 7.48. The Bertz CT molecular complexity index is 949. The zero-order chi connectivity index (χ0) is 22.2. The summed E-state index contributed by atoms with van der Waals surface area (Å²) in [6.45, 7) is 2.15. The van der Waals surface area contributed by atoms with Gasteiger partial charge >= 0.3 is 20.2 Å². The van der Waals surface area contributed by atoms with Gasteiger partial charge in [0.1, 0.15) is 12.3 Å². The maximum absolute atomic E-state index is 12.1. The smallest absolute Gasteiger partial charge is 0.349 e. The van der Waals surface area contributed by atoms with Crippen LogP contribution in [0.15, 0.2) is 15.8 Å². The molecule has 166 valence electrons. The Morgan fingerprint density at radius 2 is 1.97 bits per heavy atom. The number of nitrogens with zero attached hydrogens (tertiary/aromatic N) is 1. The van der Waals surface area contributed by atoms with E-state index in [0.717, 1.165) is 4.57 Å². The summed E-state index contributed by atoms with van der Waals surface area (Å²) < 4.78 is 33.2. The Kier molecular flexibility index (Phi) is 7.45. The molecule has 0 spiro atoms. The minimum atomic E-state index is -4.81. The molecule has 0 radical (unpaired) electrons. The molecular formula is C14H24N2O10P2S. The molecule has 0 bridgehead atoms. The van der Waals surface area contributed by atoms with Crippen LogP contribution in [0, 0.1) is 6.92 Å². The van der Waals surface area contributed by atoms with E-state index in [1.165, 1.54) is 13.1 Å². The van der Waals surface area contributed by atoms with Crippen LogP contribution in [-0.2, 0) is 34.7 Å². The third-order valence-electron chi connectivity index (χ3n) is 3.70. The fraction of sp³-hybridized carbons (Fsp3) is 0.714. The van der Waals surface area contributed by atoms with Gasteiger partial charge in [-0.05, 0) is 39.5 Å². The number of aromatic nitrogens is 2. The van der Waals surface area contributed by atoms with E-state index in [4.69, 9.17) is 35.4 Å². The highest BCUT2D eigenvalue weighted by molar-refractivity contribution is 8.07. The topological polar surface area (TPSA) is 170 Å². The minimum absolute atomic E-state index is 0.0208. The molecule has 2 heterocycles. The normalized spacial score (nSPS) is 25.1. The van der Waals surface area contributed by atoms with E-state index in [2.05, 4.69) is 9.51 Å². The second kappa shape index (κ2) is 8.80. The Hall–Kier alpha value is -0.720. The van der Waals surface area contributed by atoms with Crippen molar-refractivity contribution >= 4 is 26.3 Å². The predicted molar refractivity (Wildman–Crippen MR) is 105 cm³/mol. The molecule has 1 aromatic heterocycles. The summed E-state index contributed by atoms with van der Waals surface area (Å²) in [6, 6.07) is 0. The summed E-state index contributed by atoms with van der Waals surface area (Å²) in [5.41, 5.74) is -1.85. The van der Waals surface area contributed by atoms with Crippen LogP contribution in [0.5, 0.6) is 0 Å². The average molecular weight is 474 g/mol. The molecule has 1 aliphatic rings. The molecule has 2 unspecified atom stereocenters. The molecule has 15 heteroatoms. The van der Waals surface area contributed by atoms with Crippen LogP contribution in [0.25, 0.3) is 0 Å². The standard InChI is InChI=1S/C14H24N2O10P2S/c1-8-6-16(13(18)15-12(8)17)11-5-9(10(24-11)7-23-27(19,20)21)25-28(22,29)26-14(2,3)4/h6,9-11H,5,7H2,1-4H3,(H,22,29)(H,15,17,18)(H2,19,20,21)/t9?,10-,11+,28?/m1/s1. The zero-order valence-electron chi connectivity index (χ0n) is 16.2. The van der Waals surface area contributed by atoms with Gasteiger partial charge in [0.05, 0.1) is 18.3 Å². The third-order valence-corrected chi connectivity index (χ3v) is 5.98. The SMILES string of the molecule is Cc1cn([C@@H]2CC(OP(O)(=S)OC(C)(C)C)[C@@H](COP(=O)(O)O)O2)c(=O)[nH]c1=O. The van der Waals surface area contributed by atoms with Crippen LogP contribution in [0.4, 0.5) is 0 Å². The van der Waals surface area contributed by atoms with Crippen molar-refractivity contribution < 1.29 is 37.6 Å². The number of hydrogen-bond acceptors (Lipinski definition) is 8. The van der Waals surface area contributed by atoms with Gasteiger partial charge in [0, 0.05) is 18.2 Å². The first-order valence-electron chi connectivity index (χ1n) is 8.46. The van der Waals surface area contributed by atoms with Gasteiger partial charge in [-0.3, -0.25) is 18.9 Å². The summed E-state index contributed by atoms with van der Waals surface area (Å²) in [6.07, 6.45) is -1.77. The molecule has 0 amide bonds. The number of phosphoric ester groups is 1. The Morgan fingerprint density at radius 3 is 2.52 bits per heavy atom. The minimum Gasteiger partial charge on any atom is -0.349 e. The number of nitrogens with one attached hydrogen (secondary N) is 1. The highest BCUT2D eigenvalue weighted by Crippen LogP contribution is 2.51. The molecule has 2 rings (SSSR count). The van der Waals surface area contributed by atoms with Gasteiger partial charge in [0.2, 0.25) is 0 Å². The van der Waals surface area contributed by atoms with E-state index in [9.17, 15) is 19.0 Å². The first kappa shape index (κ1) is 24.5. The van der Waals surface area contributed by atoms with E-state index in [1.54, 1.807) is 20.8 Å². The fourth-order valence-electron chi connectivity index (χ4n) is 2.64. The number of H-pyrrole nitrogens is 1. The molecule has 1 aromatic rings. The lowest BCUT2D eigenvalue weighted by Gasteiger charge is -2.28. The molecule has 4 atom stereocenters. The zero-order valence-corrected chi connectivity index (χ0v) is 18.8. The molecule has 12 nitrogen and oxygen atoms in total. The second-order valence-corrected chi connectivity index (χ2v) is 11.4.